The third kappa shape index (κ3) is 3.81. The molecule has 2 N–H and O–H groups in total. The molecule has 8 heteroatoms. The molecular weight excluding hydrogens is 377 g/mol. The molecule has 0 aliphatic rings. The molecule has 0 aliphatic carbocycles. The van der Waals surface area contributed by atoms with Gasteiger partial charge in [0.1, 0.15) is 5.75 Å². The van der Waals surface area contributed by atoms with Crippen LogP contribution in [0.15, 0.2) is 46.6 Å². The second-order valence-corrected chi connectivity index (χ2v) is 6.59. The standard InChI is InChI=1S/C18H15Cl2N3O3/c1-9-7-11(19)4-6-15(9)26-10(2)17(24)23-22-16-13-8-12(20)3-5-14(13)21-18(16)25/h3-8,10,21,25H,1-2H3/t10-/m1/s1. The third-order valence-electron chi connectivity index (χ3n) is 3.75. The van der Waals surface area contributed by atoms with Crippen molar-refractivity contribution in [1.29, 1.82) is 0 Å². The average Bonchev–Trinajstić information content (AvgIpc) is 2.89. The number of nitrogens with one attached hydrogen (secondary N) is 1. The first-order valence-corrected chi connectivity index (χ1v) is 8.49. The van der Waals surface area contributed by atoms with Gasteiger partial charge in [-0.2, -0.15) is 0 Å². The molecule has 0 saturated carbocycles. The largest absolute Gasteiger partial charge is 0.493 e. The first-order valence-electron chi connectivity index (χ1n) is 7.73. The van der Waals surface area contributed by atoms with E-state index in [0.29, 0.717) is 26.7 Å². The molecule has 0 bridgehead atoms. The minimum absolute atomic E-state index is 0.144. The van der Waals surface area contributed by atoms with E-state index < -0.39 is 12.0 Å². The summed E-state index contributed by atoms with van der Waals surface area (Å²) in [6.45, 7) is 3.40. The lowest BCUT2D eigenvalue weighted by Gasteiger charge is -2.13. The summed E-state index contributed by atoms with van der Waals surface area (Å²) in [5.74, 6) is -0.247. The predicted molar refractivity (Wildman–Crippen MR) is 101 cm³/mol. The molecule has 134 valence electrons. The Morgan fingerprint density at radius 2 is 1.88 bits per heavy atom. The number of ether oxygens (including phenoxy) is 1. The zero-order chi connectivity index (χ0) is 18.8. The minimum Gasteiger partial charge on any atom is -0.493 e. The lowest BCUT2D eigenvalue weighted by molar-refractivity contribution is -0.124. The number of rotatable bonds is 4. The zero-order valence-electron chi connectivity index (χ0n) is 14.0. The van der Waals surface area contributed by atoms with Gasteiger partial charge in [0.25, 0.3) is 0 Å². The van der Waals surface area contributed by atoms with Crippen LogP contribution in [-0.2, 0) is 4.79 Å². The molecule has 6 nitrogen and oxygen atoms in total. The van der Waals surface area contributed by atoms with E-state index in [1.807, 2.05) is 6.92 Å². The minimum atomic E-state index is -0.852. The fourth-order valence-corrected chi connectivity index (χ4v) is 2.80. The maximum absolute atomic E-state index is 12.2. The summed E-state index contributed by atoms with van der Waals surface area (Å²) in [5.41, 5.74) is 1.58. The van der Waals surface area contributed by atoms with E-state index in [-0.39, 0.29) is 11.6 Å². The molecule has 0 radical (unpaired) electrons. The van der Waals surface area contributed by atoms with Gasteiger partial charge in [-0.1, -0.05) is 23.2 Å². The lowest BCUT2D eigenvalue weighted by atomic mass is 10.2. The van der Waals surface area contributed by atoms with Crippen molar-refractivity contribution in [3.8, 4) is 11.6 Å². The molecule has 1 amide bonds. The van der Waals surface area contributed by atoms with Crippen molar-refractivity contribution in [2.75, 3.05) is 0 Å². The van der Waals surface area contributed by atoms with E-state index in [4.69, 9.17) is 27.9 Å². The molecule has 0 unspecified atom stereocenters. The van der Waals surface area contributed by atoms with Crippen molar-refractivity contribution in [3.05, 3.63) is 52.0 Å². The third-order valence-corrected chi connectivity index (χ3v) is 4.22. The van der Waals surface area contributed by atoms with Crippen LogP contribution in [0.3, 0.4) is 0 Å². The van der Waals surface area contributed by atoms with Gasteiger partial charge in [-0.05, 0) is 55.8 Å². The summed E-state index contributed by atoms with van der Waals surface area (Å²) in [6.07, 6.45) is -0.852. The van der Waals surface area contributed by atoms with Gasteiger partial charge in [0.15, 0.2) is 11.8 Å². The van der Waals surface area contributed by atoms with E-state index in [1.165, 1.54) is 0 Å². The van der Waals surface area contributed by atoms with Crippen LogP contribution < -0.4 is 4.74 Å². The van der Waals surface area contributed by atoms with E-state index >= 15 is 0 Å². The first kappa shape index (κ1) is 18.2. The fraction of sp³-hybridized carbons (Fsp3) is 0.167. The van der Waals surface area contributed by atoms with E-state index in [1.54, 1.807) is 43.3 Å². The van der Waals surface area contributed by atoms with Gasteiger partial charge in [-0.25, -0.2) is 0 Å². The van der Waals surface area contributed by atoms with Gasteiger partial charge < -0.3 is 14.8 Å². The molecule has 1 atom stereocenters. The Balaban J connectivity index is 1.79. The number of aromatic hydroxyl groups is 1. The number of hydrogen-bond donors (Lipinski definition) is 2. The highest BCUT2D eigenvalue weighted by Crippen LogP contribution is 2.36. The fourth-order valence-electron chi connectivity index (χ4n) is 2.40. The molecular formula is C18H15Cl2N3O3. The number of benzene rings is 2. The number of amides is 1. The summed E-state index contributed by atoms with van der Waals surface area (Å²) in [4.78, 5) is 15.0. The van der Waals surface area contributed by atoms with Crippen LogP contribution in [0.2, 0.25) is 10.0 Å². The number of fused-ring (bicyclic) bond motifs is 1. The molecule has 0 fully saturated rings. The summed E-state index contributed by atoms with van der Waals surface area (Å²) in [6, 6.07) is 10.1. The number of carbonyl (C=O) groups excluding carboxylic acids is 1. The molecule has 0 saturated heterocycles. The van der Waals surface area contributed by atoms with Gasteiger partial charge in [-0.3, -0.25) is 4.79 Å². The number of halogens is 2. The van der Waals surface area contributed by atoms with Crippen LogP contribution in [0, 0.1) is 6.92 Å². The van der Waals surface area contributed by atoms with Crippen LogP contribution in [0.1, 0.15) is 12.5 Å². The second-order valence-electron chi connectivity index (χ2n) is 5.72. The van der Waals surface area contributed by atoms with Gasteiger partial charge in [-0.15, -0.1) is 10.2 Å². The predicted octanol–water partition coefficient (Wildman–Crippen LogP) is 5.57. The zero-order valence-corrected chi connectivity index (χ0v) is 15.5. The average molecular weight is 392 g/mol. The van der Waals surface area contributed by atoms with Gasteiger partial charge >= 0.3 is 5.91 Å². The number of azo groups is 1. The number of carbonyl (C=O) groups is 1. The Kier molecular flexibility index (Phi) is 5.15. The van der Waals surface area contributed by atoms with E-state index in [9.17, 15) is 9.90 Å². The second kappa shape index (κ2) is 7.35. The first-order chi connectivity index (χ1) is 12.3. The van der Waals surface area contributed by atoms with Crippen molar-refractivity contribution in [2.45, 2.75) is 20.0 Å². The molecule has 26 heavy (non-hydrogen) atoms. The van der Waals surface area contributed by atoms with Crippen molar-refractivity contribution in [2.24, 2.45) is 10.2 Å². The van der Waals surface area contributed by atoms with Crippen LogP contribution >= 0.6 is 23.2 Å². The Bertz CT molecular complexity index is 1010. The highest BCUT2D eigenvalue weighted by atomic mass is 35.5. The molecule has 2 aromatic carbocycles. The van der Waals surface area contributed by atoms with Crippen molar-refractivity contribution < 1.29 is 14.6 Å². The van der Waals surface area contributed by atoms with Crippen molar-refractivity contribution in [3.63, 3.8) is 0 Å². The Morgan fingerprint density at radius 1 is 1.19 bits per heavy atom. The number of hydrogen-bond acceptors (Lipinski definition) is 4. The van der Waals surface area contributed by atoms with Crippen LogP contribution in [0.25, 0.3) is 10.9 Å². The SMILES string of the molecule is Cc1cc(Cl)ccc1O[C@H](C)C(=O)N=Nc1c(O)[nH]c2ccc(Cl)cc12. The molecule has 0 spiro atoms. The number of aryl methyl sites for hydroxylation is 1. The summed E-state index contributed by atoms with van der Waals surface area (Å²) in [7, 11) is 0. The van der Waals surface area contributed by atoms with Crippen molar-refractivity contribution in [1.82, 2.24) is 4.98 Å². The summed E-state index contributed by atoms with van der Waals surface area (Å²) >= 11 is 11.9. The molecule has 3 aromatic rings. The lowest BCUT2D eigenvalue weighted by Crippen LogP contribution is -2.21. The van der Waals surface area contributed by atoms with Gasteiger partial charge in [0.05, 0.1) is 5.52 Å². The monoisotopic (exact) mass is 391 g/mol. The van der Waals surface area contributed by atoms with Crippen molar-refractivity contribution >= 4 is 45.7 Å². The summed E-state index contributed by atoms with van der Waals surface area (Å²) in [5, 5.41) is 19.1. The van der Waals surface area contributed by atoms with Gasteiger partial charge in [0, 0.05) is 15.4 Å². The highest BCUT2D eigenvalue weighted by Gasteiger charge is 2.17. The van der Waals surface area contributed by atoms with Gasteiger partial charge in [0.2, 0.25) is 5.88 Å². The normalized spacial score (nSPS) is 12.6. The Morgan fingerprint density at radius 3 is 2.62 bits per heavy atom. The molecule has 3 rings (SSSR count). The Labute approximate surface area is 159 Å². The number of aromatic nitrogens is 1. The van der Waals surface area contributed by atoms with E-state index in [0.717, 1.165) is 5.56 Å². The smallest absolute Gasteiger partial charge is 0.304 e. The topological polar surface area (TPSA) is 87.0 Å². The number of H-pyrrole nitrogens is 1. The quantitative estimate of drug-likeness (QED) is 0.570. The van der Waals surface area contributed by atoms with Crippen LogP contribution in [0.5, 0.6) is 11.6 Å². The van der Waals surface area contributed by atoms with Crippen LogP contribution in [-0.4, -0.2) is 22.1 Å². The van der Waals surface area contributed by atoms with E-state index in [2.05, 4.69) is 15.2 Å². The Hall–Kier alpha value is -2.57. The molecule has 1 aromatic heterocycles. The van der Waals surface area contributed by atoms with Crippen LogP contribution in [0.4, 0.5) is 5.69 Å². The molecule has 1 heterocycles. The number of aromatic amines is 1. The maximum atomic E-state index is 12.2. The highest BCUT2D eigenvalue weighted by molar-refractivity contribution is 6.31. The number of nitrogens with zero attached hydrogens (tertiary/aromatic N) is 2. The summed E-state index contributed by atoms with van der Waals surface area (Å²) < 4.78 is 5.62. The maximum Gasteiger partial charge on any atom is 0.304 e. The molecule has 0 aliphatic heterocycles.